The van der Waals surface area contributed by atoms with E-state index in [2.05, 4.69) is 4.74 Å². The predicted molar refractivity (Wildman–Crippen MR) is 77.1 cm³/mol. The number of methoxy groups -OCH3 is 1. The van der Waals surface area contributed by atoms with Gasteiger partial charge in [0.05, 0.1) is 7.11 Å². The quantitative estimate of drug-likeness (QED) is 0.867. The van der Waals surface area contributed by atoms with Crippen molar-refractivity contribution in [1.82, 2.24) is 4.90 Å². The molecule has 4 nitrogen and oxygen atoms in total. The molecule has 122 valence electrons. The van der Waals surface area contributed by atoms with Crippen LogP contribution in [-0.2, 0) is 9.53 Å². The lowest BCUT2D eigenvalue weighted by atomic mass is 9.90. The fourth-order valence-electron chi connectivity index (χ4n) is 2.97. The van der Waals surface area contributed by atoms with Crippen LogP contribution in [0.4, 0.5) is 8.78 Å². The van der Waals surface area contributed by atoms with Crippen LogP contribution in [0.1, 0.15) is 31.4 Å². The third-order valence-electron chi connectivity index (χ3n) is 4.42. The van der Waals surface area contributed by atoms with E-state index in [0.29, 0.717) is 31.5 Å². The van der Waals surface area contributed by atoms with Gasteiger partial charge in [-0.1, -0.05) is 0 Å². The van der Waals surface area contributed by atoms with E-state index < -0.39 is 23.7 Å². The zero-order valence-electron chi connectivity index (χ0n) is 12.8. The van der Waals surface area contributed by atoms with Gasteiger partial charge in [-0.25, -0.2) is 13.6 Å². The molecule has 1 aliphatic rings. The lowest BCUT2D eigenvalue weighted by Gasteiger charge is -2.37. The van der Waals surface area contributed by atoms with E-state index in [1.165, 1.54) is 13.2 Å². The minimum atomic E-state index is -1.12. The molecular weight excluding hydrogens is 292 g/mol. The molecule has 1 aromatic rings. The van der Waals surface area contributed by atoms with E-state index in [1.807, 2.05) is 11.8 Å². The number of piperidine rings is 1. The average molecular weight is 313 g/mol. The maximum atomic E-state index is 13.8. The Labute approximate surface area is 128 Å². The van der Waals surface area contributed by atoms with Gasteiger partial charge in [-0.2, -0.15) is 0 Å². The molecule has 0 aromatic heterocycles. The number of benzene rings is 1. The number of carbonyl (C=O) groups excluding carboxylic acids is 1. The average Bonchev–Trinajstić information content (AvgIpc) is 2.55. The first-order valence-corrected chi connectivity index (χ1v) is 7.39. The second kappa shape index (κ2) is 7.15. The Balaban J connectivity index is 1.99. The van der Waals surface area contributed by atoms with Gasteiger partial charge in [0.2, 0.25) is 0 Å². The van der Waals surface area contributed by atoms with Gasteiger partial charge in [-0.15, -0.1) is 0 Å². The zero-order chi connectivity index (χ0) is 16.3. The van der Waals surface area contributed by atoms with Crippen molar-refractivity contribution in [3.8, 4) is 0 Å². The van der Waals surface area contributed by atoms with Crippen LogP contribution in [0.3, 0.4) is 0 Å². The molecule has 0 saturated carbocycles. The number of halogens is 2. The van der Waals surface area contributed by atoms with Crippen molar-refractivity contribution in [3.05, 3.63) is 35.4 Å². The molecule has 1 aliphatic heterocycles. The van der Waals surface area contributed by atoms with Crippen LogP contribution in [0.5, 0.6) is 0 Å². The van der Waals surface area contributed by atoms with Crippen LogP contribution in [-0.4, -0.2) is 42.3 Å². The Morgan fingerprint density at radius 1 is 1.36 bits per heavy atom. The van der Waals surface area contributed by atoms with Crippen LogP contribution < -0.4 is 0 Å². The molecule has 1 N–H and O–H groups in total. The summed E-state index contributed by atoms with van der Waals surface area (Å²) in [7, 11) is 1.25. The summed E-state index contributed by atoms with van der Waals surface area (Å²) in [5.41, 5.74) is 0.326. The Bertz CT molecular complexity index is 530. The molecule has 0 amide bonds. The van der Waals surface area contributed by atoms with Crippen molar-refractivity contribution in [1.29, 1.82) is 0 Å². The summed E-state index contributed by atoms with van der Waals surface area (Å²) in [5.74, 6) is -1.67. The van der Waals surface area contributed by atoms with Gasteiger partial charge >= 0.3 is 5.97 Å². The van der Waals surface area contributed by atoms with Crippen molar-refractivity contribution in [2.45, 2.75) is 31.9 Å². The fourth-order valence-corrected chi connectivity index (χ4v) is 2.97. The van der Waals surface area contributed by atoms with Crippen molar-refractivity contribution in [3.63, 3.8) is 0 Å². The third kappa shape index (κ3) is 3.62. The zero-order valence-corrected chi connectivity index (χ0v) is 12.8. The first kappa shape index (κ1) is 16.8. The molecule has 0 bridgehead atoms. The number of ether oxygens (including phenoxy) is 1. The molecule has 2 atom stereocenters. The number of rotatable bonds is 4. The molecule has 1 aromatic carbocycles. The second-order valence-corrected chi connectivity index (χ2v) is 5.68. The molecule has 2 rings (SSSR count). The molecule has 2 unspecified atom stereocenters. The first-order chi connectivity index (χ1) is 10.4. The maximum Gasteiger partial charge on any atom is 0.334 e. The molecule has 22 heavy (non-hydrogen) atoms. The molecule has 6 heteroatoms. The number of likely N-dealkylation sites (tertiary alicyclic amines) is 1. The Hall–Kier alpha value is -1.53. The van der Waals surface area contributed by atoms with Gasteiger partial charge < -0.3 is 9.84 Å². The standard InChI is InChI=1S/C16H21F2NO3/c1-10(13-9-12(17)3-4-14(13)18)19-7-5-11(6-8-19)15(20)16(21)22-2/h3-4,9-11,15,20H,5-8H2,1-2H3. The number of nitrogens with zero attached hydrogens (tertiary/aromatic N) is 1. The van der Waals surface area contributed by atoms with E-state index in [-0.39, 0.29) is 12.0 Å². The number of hydrogen-bond donors (Lipinski definition) is 1. The Morgan fingerprint density at radius 3 is 2.59 bits per heavy atom. The maximum absolute atomic E-state index is 13.8. The lowest BCUT2D eigenvalue weighted by Crippen LogP contribution is -2.41. The third-order valence-corrected chi connectivity index (χ3v) is 4.42. The second-order valence-electron chi connectivity index (χ2n) is 5.68. The predicted octanol–water partition coefficient (Wildman–Crippen LogP) is 2.27. The number of aliphatic hydroxyl groups excluding tert-OH is 1. The van der Waals surface area contributed by atoms with Crippen LogP contribution in [0.15, 0.2) is 18.2 Å². The highest BCUT2D eigenvalue weighted by molar-refractivity contribution is 5.74. The topological polar surface area (TPSA) is 49.8 Å². The summed E-state index contributed by atoms with van der Waals surface area (Å²) >= 11 is 0. The van der Waals surface area contributed by atoms with Crippen molar-refractivity contribution in [2.75, 3.05) is 20.2 Å². The highest BCUT2D eigenvalue weighted by Gasteiger charge is 2.32. The number of aliphatic hydroxyl groups is 1. The largest absolute Gasteiger partial charge is 0.467 e. The number of hydrogen-bond acceptors (Lipinski definition) is 4. The molecule has 1 fully saturated rings. The number of carbonyl (C=O) groups is 1. The SMILES string of the molecule is COC(=O)C(O)C1CCN(C(C)c2cc(F)ccc2F)CC1. The molecule has 0 spiro atoms. The summed E-state index contributed by atoms with van der Waals surface area (Å²) < 4.78 is 31.7. The van der Waals surface area contributed by atoms with E-state index in [0.717, 1.165) is 12.1 Å². The van der Waals surface area contributed by atoms with E-state index in [9.17, 15) is 18.7 Å². The monoisotopic (exact) mass is 313 g/mol. The van der Waals surface area contributed by atoms with Crippen LogP contribution in [0, 0.1) is 17.6 Å². The normalized spacial score (nSPS) is 19.7. The van der Waals surface area contributed by atoms with Gasteiger partial charge in [0, 0.05) is 11.6 Å². The molecular formula is C16H21F2NO3. The van der Waals surface area contributed by atoms with Gasteiger partial charge in [-0.05, 0) is 57.0 Å². The number of esters is 1. The first-order valence-electron chi connectivity index (χ1n) is 7.39. The van der Waals surface area contributed by atoms with Gasteiger partial charge in [0.1, 0.15) is 11.6 Å². The highest BCUT2D eigenvalue weighted by Crippen LogP contribution is 2.29. The summed E-state index contributed by atoms with van der Waals surface area (Å²) in [6.45, 7) is 3.04. The summed E-state index contributed by atoms with van der Waals surface area (Å²) in [6, 6.07) is 3.20. The van der Waals surface area contributed by atoms with E-state index in [4.69, 9.17) is 0 Å². The van der Waals surface area contributed by atoms with Crippen molar-refractivity contribution < 1.29 is 23.4 Å². The smallest absolute Gasteiger partial charge is 0.334 e. The lowest BCUT2D eigenvalue weighted by molar-refractivity contribution is -0.154. The van der Waals surface area contributed by atoms with Crippen molar-refractivity contribution >= 4 is 5.97 Å². The van der Waals surface area contributed by atoms with Crippen LogP contribution in [0.2, 0.25) is 0 Å². The highest BCUT2D eigenvalue weighted by atomic mass is 19.1. The summed E-state index contributed by atoms with van der Waals surface area (Å²) in [6.07, 6.45) is 0.100. The Morgan fingerprint density at radius 2 is 2.00 bits per heavy atom. The van der Waals surface area contributed by atoms with Gasteiger partial charge in [-0.3, -0.25) is 4.90 Å². The van der Waals surface area contributed by atoms with E-state index in [1.54, 1.807) is 0 Å². The van der Waals surface area contributed by atoms with Gasteiger partial charge in [0.15, 0.2) is 6.10 Å². The van der Waals surface area contributed by atoms with Gasteiger partial charge in [0.25, 0.3) is 0 Å². The fraction of sp³-hybridized carbons (Fsp3) is 0.562. The Kier molecular flexibility index (Phi) is 5.47. The van der Waals surface area contributed by atoms with Crippen molar-refractivity contribution in [2.24, 2.45) is 5.92 Å². The van der Waals surface area contributed by atoms with Crippen LogP contribution in [0.25, 0.3) is 0 Å². The molecule has 1 saturated heterocycles. The molecule has 0 radical (unpaired) electrons. The summed E-state index contributed by atoms with van der Waals surface area (Å²) in [4.78, 5) is 13.4. The van der Waals surface area contributed by atoms with Crippen LogP contribution >= 0.6 is 0 Å². The molecule has 0 aliphatic carbocycles. The minimum absolute atomic E-state index is 0.159. The van der Waals surface area contributed by atoms with E-state index >= 15 is 0 Å². The summed E-state index contributed by atoms with van der Waals surface area (Å²) in [5, 5.41) is 9.86. The molecule has 1 heterocycles. The minimum Gasteiger partial charge on any atom is -0.467 e.